The summed E-state index contributed by atoms with van der Waals surface area (Å²) in [6.45, 7) is 2.22. The smallest absolute Gasteiger partial charge is 0.159 e. The van der Waals surface area contributed by atoms with Crippen molar-refractivity contribution in [2.45, 2.75) is 12.8 Å². The lowest BCUT2D eigenvalue weighted by Gasteiger charge is -2.13. The molecular formula is C18H16N2. The molecule has 0 saturated carbocycles. The molecule has 0 saturated heterocycles. The van der Waals surface area contributed by atoms with Crippen LogP contribution in [0, 0.1) is 0 Å². The van der Waals surface area contributed by atoms with E-state index in [0.29, 0.717) is 5.92 Å². The number of hydrogen-bond donors (Lipinski definition) is 0. The van der Waals surface area contributed by atoms with Gasteiger partial charge in [-0.1, -0.05) is 55.5 Å². The first-order chi connectivity index (χ1) is 9.84. The zero-order valence-corrected chi connectivity index (χ0v) is 11.4. The molecule has 0 bridgehead atoms. The second-order valence-corrected chi connectivity index (χ2v) is 4.83. The van der Waals surface area contributed by atoms with Crippen LogP contribution in [0.15, 0.2) is 73.1 Å². The van der Waals surface area contributed by atoms with Crippen LogP contribution >= 0.6 is 0 Å². The van der Waals surface area contributed by atoms with Crippen LogP contribution in [0.2, 0.25) is 0 Å². The topological polar surface area (TPSA) is 25.8 Å². The maximum absolute atomic E-state index is 4.31. The average molecular weight is 260 g/mol. The molecule has 98 valence electrons. The molecule has 2 nitrogen and oxygen atoms in total. The summed E-state index contributed by atoms with van der Waals surface area (Å²) >= 11 is 0. The molecule has 0 spiro atoms. The Balaban J connectivity index is 1.96. The molecule has 0 unspecified atom stereocenters. The zero-order chi connectivity index (χ0) is 13.8. The third kappa shape index (κ3) is 2.59. The van der Waals surface area contributed by atoms with Crippen molar-refractivity contribution >= 4 is 0 Å². The van der Waals surface area contributed by atoms with Gasteiger partial charge in [0.25, 0.3) is 0 Å². The lowest BCUT2D eigenvalue weighted by atomic mass is 9.92. The predicted octanol–water partition coefficient (Wildman–Crippen LogP) is 4.30. The van der Waals surface area contributed by atoms with Crippen molar-refractivity contribution in [3.63, 3.8) is 0 Å². The SMILES string of the molecule is C[C@@H](c1ccccc1)c1cccc(-c2ncccn2)c1. The molecule has 1 heterocycles. The van der Waals surface area contributed by atoms with Crippen LogP contribution in [0.1, 0.15) is 24.0 Å². The molecule has 0 fully saturated rings. The Bertz CT molecular complexity index is 678. The number of hydrogen-bond acceptors (Lipinski definition) is 2. The van der Waals surface area contributed by atoms with Crippen molar-refractivity contribution in [2.24, 2.45) is 0 Å². The minimum Gasteiger partial charge on any atom is -0.237 e. The van der Waals surface area contributed by atoms with Crippen molar-refractivity contribution < 1.29 is 0 Å². The van der Waals surface area contributed by atoms with Crippen LogP contribution < -0.4 is 0 Å². The van der Waals surface area contributed by atoms with Gasteiger partial charge in [-0.05, 0) is 23.3 Å². The minimum absolute atomic E-state index is 0.361. The van der Waals surface area contributed by atoms with Gasteiger partial charge in [0.1, 0.15) is 0 Å². The van der Waals surface area contributed by atoms with E-state index in [2.05, 4.69) is 65.4 Å². The zero-order valence-electron chi connectivity index (χ0n) is 11.4. The Morgan fingerprint density at radius 1 is 0.750 bits per heavy atom. The van der Waals surface area contributed by atoms with Gasteiger partial charge in [0.2, 0.25) is 0 Å². The van der Waals surface area contributed by atoms with E-state index in [0.717, 1.165) is 11.4 Å². The van der Waals surface area contributed by atoms with Crippen molar-refractivity contribution in [1.82, 2.24) is 9.97 Å². The fraction of sp³-hybridized carbons (Fsp3) is 0.111. The molecule has 0 N–H and O–H groups in total. The van der Waals surface area contributed by atoms with Crippen LogP contribution in [0.3, 0.4) is 0 Å². The normalized spacial score (nSPS) is 12.1. The molecule has 0 aliphatic rings. The molecule has 2 aromatic carbocycles. The lowest BCUT2D eigenvalue weighted by molar-refractivity contribution is 0.922. The fourth-order valence-corrected chi connectivity index (χ4v) is 2.33. The molecule has 3 rings (SSSR count). The summed E-state index contributed by atoms with van der Waals surface area (Å²) in [6, 6.07) is 20.8. The maximum Gasteiger partial charge on any atom is 0.159 e. The van der Waals surface area contributed by atoms with E-state index in [1.165, 1.54) is 11.1 Å². The average Bonchev–Trinajstić information content (AvgIpc) is 2.56. The van der Waals surface area contributed by atoms with Crippen molar-refractivity contribution in [2.75, 3.05) is 0 Å². The van der Waals surface area contributed by atoms with Gasteiger partial charge in [-0.3, -0.25) is 0 Å². The molecular weight excluding hydrogens is 244 g/mol. The first kappa shape index (κ1) is 12.5. The standard InChI is InChI=1S/C18H16N2/c1-14(15-7-3-2-4-8-15)16-9-5-10-17(13-16)18-19-11-6-12-20-18/h2-14H,1H3/t14-/m0/s1. The quantitative estimate of drug-likeness (QED) is 0.702. The summed E-state index contributed by atoms with van der Waals surface area (Å²) in [6.07, 6.45) is 3.55. The van der Waals surface area contributed by atoms with Gasteiger partial charge in [-0.25, -0.2) is 9.97 Å². The van der Waals surface area contributed by atoms with Crippen LogP contribution in [-0.2, 0) is 0 Å². The summed E-state index contributed by atoms with van der Waals surface area (Å²) in [7, 11) is 0. The van der Waals surface area contributed by atoms with Gasteiger partial charge in [0.15, 0.2) is 5.82 Å². The van der Waals surface area contributed by atoms with E-state index >= 15 is 0 Å². The third-order valence-electron chi connectivity index (χ3n) is 3.51. The van der Waals surface area contributed by atoms with E-state index in [4.69, 9.17) is 0 Å². The molecule has 3 aromatic rings. The lowest BCUT2D eigenvalue weighted by Crippen LogP contribution is -1.96. The van der Waals surface area contributed by atoms with Crippen LogP contribution in [0.25, 0.3) is 11.4 Å². The van der Waals surface area contributed by atoms with Crippen molar-refractivity contribution in [3.05, 3.63) is 84.2 Å². The fourth-order valence-electron chi connectivity index (χ4n) is 2.33. The van der Waals surface area contributed by atoms with E-state index in [1.807, 2.05) is 12.1 Å². The van der Waals surface area contributed by atoms with E-state index in [9.17, 15) is 0 Å². The van der Waals surface area contributed by atoms with Gasteiger partial charge in [-0.2, -0.15) is 0 Å². The Kier molecular flexibility index (Phi) is 3.55. The number of benzene rings is 2. The highest BCUT2D eigenvalue weighted by molar-refractivity contribution is 5.56. The van der Waals surface area contributed by atoms with Gasteiger partial charge < -0.3 is 0 Å². The maximum atomic E-state index is 4.31. The van der Waals surface area contributed by atoms with Gasteiger partial charge in [0.05, 0.1) is 0 Å². The highest BCUT2D eigenvalue weighted by atomic mass is 14.8. The van der Waals surface area contributed by atoms with E-state index < -0.39 is 0 Å². The highest BCUT2D eigenvalue weighted by Gasteiger charge is 2.09. The van der Waals surface area contributed by atoms with E-state index in [1.54, 1.807) is 12.4 Å². The monoisotopic (exact) mass is 260 g/mol. The third-order valence-corrected chi connectivity index (χ3v) is 3.51. The summed E-state index contributed by atoms with van der Waals surface area (Å²) in [4.78, 5) is 8.62. The summed E-state index contributed by atoms with van der Waals surface area (Å²) in [5.41, 5.74) is 3.66. The van der Waals surface area contributed by atoms with Crippen LogP contribution in [0.5, 0.6) is 0 Å². The summed E-state index contributed by atoms with van der Waals surface area (Å²) in [5.74, 6) is 1.13. The largest absolute Gasteiger partial charge is 0.237 e. The predicted molar refractivity (Wildman–Crippen MR) is 81.4 cm³/mol. The summed E-state index contributed by atoms with van der Waals surface area (Å²) in [5, 5.41) is 0. The number of rotatable bonds is 3. The van der Waals surface area contributed by atoms with Gasteiger partial charge >= 0.3 is 0 Å². The Morgan fingerprint density at radius 3 is 2.20 bits per heavy atom. The first-order valence-corrected chi connectivity index (χ1v) is 6.77. The Morgan fingerprint density at radius 2 is 1.45 bits per heavy atom. The van der Waals surface area contributed by atoms with Crippen LogP contribution in [0.4, 0.5) is 0 Å². The molecule has 1 aromatic heterocycles. The van der Waals surface area contributed by atoms with E-state index in [-0.39, 0.29) is 0 Å². The van der Waals surface area contributed by atoms with Gasteiger partial charge in [0, 0.05) is 23.9 Å². The highest BCUT2D eigenvalue weighted by Crippen LogP contribution is 2.26. The molecule has 2 heteroatoms. The number of nitrogens with zero attached hydrogens (tertiary/aromatic N) is 2. The molecule has 20 heavy (non-hydrogen) atoms. The first-order valence-electron chi connectivity index (χ1n) is 6.77. The molecule has 0 aliphatic carbocycles. The molecule has 0 aliphatic heterocycles. The second kappa shape index (κ2) is 5.66. The minimum atomic E-state index is 0.361. The summed E-state index contributed by atoms with van der Waals surface area (Å²) < 4.78 is 0. The Labute approximate surface area is 119 Å². The second-order valence-electron chi connectivity index (χ2n) is 4.83. The van der Waals surface area contributed by atoms with Crippen LogP contribution in [-0.4, -0.2) is 9.97 Å². The number of aromatic nitrogens is 2. The molecule has 0 radical (unpaired) electrons. The van der Waals surface area contributed by atoms with Crippen molar-refractivity contribution in [3.8, 4) is 11.4 Å². The Hall–Kier alpha value is -2.48. The molecule has 0 amide bonds. The van der Waals surface area contributed by atoms with Crippen molar-refractivity contribution in [1.29, 1.82) is 0 Å². The van der Waals surface area contributed by atoms with Gasteiger partial charge in [-0.15, -0.1) is 0 Å². The molecule has 1 atom stereocenters.